The zero-order chi connectivity index (χ0) is 14.8. The molecule has 0 aromatic heterocycles. The van der Waals surface area contributed by atoms with Gasteiger partial charge in [0.25, 0.3) is 0 Å². The lowest BCUT2D eigenvalue weighted by atomic mass is 10.2. The quantitative estimate of drug-likeness (QED) is 0.529. The molecule has 114 valence electrons. The van der Waals surface area contributed by atoms with E-state index in [1.807, 2.05) is 30.3 Å². The summed E-state index contributed by atoms with van der Waals surface area (Å²) in [5.74, 6) is 0. The molecular formula is C14H24N2O3S. The normalized spacial score (nSPS) is 11.9. The highest BCUT2D eigenvalue weighted by atomic mass is 32.2. The maximum atomic E-state index is 11.7. The molecular weight excluding hydrogens is 276 g/mol. The minimum atomic E-state index is -3.34. The molecule has 0 atom stereocenters. The van der Waals surface area contributed by atoms with E-state index in [1.165, 1.54) is 0 Å². The summed E-state index contributed by atoms with van der Waals surface area (Å²) in [6, 6.07) is 9.52. The molecule has 0 radical (unpaired) electrons. The first-order valence-corrected chi connectivity index (χ1v) is 8.73. The Morgan fingerprint density at radius 3 is 2.35 bits per heavy atom. The van der Waals surface area contributed by atoms with Crippen molar-refractivity contribution in [3.63, 3.8) is 0 Å². The van der Waals surface area contributed by atoms with Crippen LogP contribution in [0.2, 0.25) is 0 Å². The standard InChI is InChI=1S/C14H24N2O3S/c1-20(17,18)16(12-8-3-2-7-11-15)19-13-14-9-5-4-6-10-14/h4-6,9-10H,2-3,7-8,11-13,15H2,1H3. The number of benzene rings is 1. The van der Waals surface area contributed by atoms with Crippen molar-refractivity contribution in [1.29, 1.82) is 0 Å². The first-order chi connectivity index (χ1) is 9.54. The largest absolute Gasteiger partial charge is 0.330 e. The summed E-state index contributed by atoms with van der Waals surface area (Å²) >= 11 is 0. The van der Waals surface area contributed by atoms with E-state index in [0.717, 1.165) is 42.0 Å². The van der Waals surface area contributed by atoms with Gasteiger partial charge in [0, 0.05) is 6.54 Å². The third-order valence-corrected chi connectivity index (χ3v) is 3.91. The van der Waals surface area contributed by atoms with Gasteiger partial charge in [0.2, 0.25) is 10.0 Å². The maximum absolute atomic E-state index is 11.7. The van der Waals surface area contributed by atoms with Gasteiger partial charge < -0.3 is 5.73 Å². The number of nitrogens with zero attached hydrogens (tertiary/aromatic N) is 1. The van der Waals surface area contributed by atoms with Crippen LogP contribution in [0, 0.1) is 0 Å². The molecule has 0 fully saturated rings. The number of rotatable bonds is 10. The first-order valence-electron chi connectivity index (χ1n) is 6.88. The zero-order valence-electron chi connectivity index (χ0n) is 12.0. The summed E-state index contributed by atoms with van der Waals surface area (Å²) in [5.41, 5.74) is 6.37. The number of unbranched alkanes of at least 4 members (excludes halogenated alkanes) is 3. The Labute approximate surface area is 121 Å². The van der Waals surface area contributed by atoms with Crippen LogP contribution in [0.15, 0.2) is 30.3 Å². The monoisotopic (exact) mass is 300 g/mol. The van der Waals surface area contributed by atoms with E-state index >= 15 is 0 Å². The van der Waals surface area contributed by atoms with Crippen LogP contribution in [-0.2, 0) is 21.5 Å². The molecule has 2 N–H and O–H groups in total. The van der Waals surface area contributed by atoms with Gasteiger partial charge in [-0.3, -0.25) is 4.84 Å². The van der Waals surface area contributed by atoms with E-state index in [1.54, 1.807) is 0 Å². The SMILES string of the molecule is CS(=O)(=O)N(CCCCCCN)OCc1ccccc1. The van der Waals surface area contributed by atoms with Crippen LogP contribution in [0.5, 0.6) is 0 Å². The number of hydrogen-bond acceptors (Lipinski definition) is 4. The zero-order valence-corrected chi connectivity index (χ0v) is 12.8. The number of hydroxylamine groups is 1. The first kappa shape index (κ1) is 17.1. The molecule has 0 bridgehead atoms. The molecule has 0 aliphatic rings. The van der Waals surface area contributed by atoms with Crippen LogP contribution in [0.1, 0.15) is 31.2 Å². The van der Waals surface area contributed by atoms with Gasteiger partial charge in [0.1, 0.15) is 0 Å². The van der Waals surface area contributed by atoms with Crippen molar-refractivity contribution in [2.75, 3.05) is 19.3 Å². The highest BCUT2D eigenvalue weighted by Gasteiger charge is 2.17. The molecule has 6 heteroatoms. The van der Waals surface area contributed by atoms with Gasteiger partial charge in [-0.15, -0.1) is 0 Å². The maximum Gasteiger partial charge on any atom is 0.233 e. The second-order valence-electron chi connectivity index (χ2n) is 4.75. The lowest BCUT2D eigenvalue weighted by Crippen LogP contribution is -2.31. The van der Waals surface area contributed by atoms with Crippen molar-refractivity contribution in [2.24, 2.45) is 5.73 Å². The Balaban J connectivity index is 2.41. The van der Waals surface area contributed by atoms with E-state index in [4.69, 9.17) is 10.6 Å². The fraction of sp³-hybridized carbons (Fsp3) is 0.571. The summed E-state index contributed by atoms with van der Waals surface area (Å²) in [5, 5.41) is 0. The molecule has 0 saturated heterocycles. The fourth-order valence-electron chi connectivity index (χ4n) is 1.79. The average Bonchev–Trinajstić information content (AvgIpc) is 2.41. The van der Waals surface area contributed by atoms with E-state index in [0.29, 0.717) is 13.1 Å². The van der Waals surface area contributed by atoms with Crippen LogP contribution in [0.25, 0.3) is 0 Å². The molecule has 0 aliphatic carbocycles. The van der Waals surface area contributed by atoms with E-state index in [9.17, 15) is 8.42 Å². The van der Waals surface area contributed by atoms with Crippen molar-refractivity contribution >= 4 is 10.0 Å². The number of nitrogens with two attached hydrogens (primary N) is 1. The Morgan fingerprint density at radius 1 is 1.10 bits per heavy atom. The molecule has 0 saturated carbocycles. The van der Waals surface area contributed by atoms with Crippen molar-refractivity contribution in [3.8, 4) is 0 Å². The van der Waals surface area contributed by atoms with E-state index in [-0.39, 0.29) is 6.61 Å². The molecule has 1 aromatic carbocycles. The Hall–Kier alpha value is -0.950. The molecule has 1 aromatic rings. The van der Waals surface area contributed by atoms with Crippen molar-refractivity contribution < 1.29 is 13.3 Å². The summed E-state index contributed by atoms with van der Waals surface area (Å²) in [6.45, 7) is 1.33. The Kier molecular flexibility index (Phi) is 7.76. The Bertz CT molecular complexity index is 463. The van der Waals surface area contributed by atoms with Crippen molar-refractivity contribution in [2.45, 2.75) is 32.3 Å². The summed E-state index contributed by atoms with van der Waals surface area (Å²) in [4.78, 5) is 5.42. The molecule has 0 spiro atoms. The van der Waals surface area contributed by atoms with Crippen molar-refractivity contribution in [3.05, 3.63) is 35.9 Å². The van der Waals surface area contributed by atoms with Gasteiger partial charge in [-0.05, 0) is 24.9 Å². The molecule has 0 amide bonds. The van der Waals surface area contributed by atoms with Gasteiger partial charge in [-0.1, -0.05) is 47.6 Å². The smallest absolute Gasteiger partial charge is 0.233 e. The predicted octanol–water partition coefficient (Wildman–Crippen LogP) is 1.90. The van der Waals surface area contributed by atoms with E-state index < -0.39 is 10.0 Å². The van der Waals surface area contributed by atoms with Gasteiger partial charge in [0.05, 0.1) is 12.9 Å². The highest BCUT2D eigenvalue weighted by molar-refractivity contribution is 7.88. The fourth-order valence-corrected chi connectivity index (χ4v) is 2.49. The van der Waals surface area contributed by atoms with Crippen LogP contribution < -0.4 is 5.73 Å². The highest BCUT2D eigenvalue weighted by Crippen LogP contribution is 2.09. The number of sulfonamides is 1. The average molecular weight is 300 g/mol. The van der Waals surface area contributed by atoms with Gasteiger partial charge in [-0.25, -0.2) is 8.42 Å². The van der Waals surface area contributed by atoms with Gasteiger partial charge >= 0.3 is 0 Å². The molecule has 0 aliphatic heterocycles. The van der Waals surface area contributed by atoms with Gasteiger partial charge in [-0.2, -0.15) is 0 Å². The lowest BCUT2D eigenvalue weighted by Gasteiger charge is -2.19. The molecule has 0 heterocycles. The summed E-state index contributed by atoms with van der Waals surface area (Å²) in [6.07, 6.45) is 4.90. The molecule has 5 nitrogen and oxygen atoms in total. The number of hydrogen-bond donors (Lipinski definition) is 1. The third-order valence-electron chi connectivity index (χ3n) is 2.88. The summed E-state index contributed by atoms with van der Waals surface area (Å²) in [7, 11) is -3.34. The minimum Gasteiger partial charge on any atom is -0.330 e. The van der Waals surface area contributed by atoms with Crippen LogP contribution in [0.4, 0.5) is 0 Å². The minimum absolute atomic E-state index is 0.261. The second kappa shape index (κ2) is 9.07. The van der Waals surface area contributed by atoms with Crippen LogP contribution >= 0.6 is 0 Å². The van der Waals surface area contributed by atoms with Gasteiger partial charge in [0.15, 0.2) is 0 Å². The summed E-state index contributed by atoms with van der Waals surface area (Å²) < 4.78 is 24.4. The molecule has 0 unspecified atom stereocenters. The lowest BCUT2D eigenvalue weighted by molar-refractivity contribution is -0.0962. The predicted molar refractivity (Wildman–Crippen MR) is 80.3 cm³/mol. The van der Waals surface area contributed by atoms with E-state index in [2.05, 4.69) is 0 Å². The Morgan fingerprint density at radius 2 is 1.75 bits per heavy atom. The topological polar surface area (TPSA) is 72.6 Å². The van der Waals surface area contributed by atoms with Crippen LogP contribution in [0.3, 0.4) is 0 Å². The van der Waals surface area contributed by atoms with Crippen LogP contribution in [-0.4, -0.2) is 32.2 Å². The third kappa shape index (κ3) is 7.00. The van der Waals surface area contributed by atoms with Crippen molar-refractivity contribution in [1.82, 2.24) is 4.47 Å². The molecule has 20 heavy (non-hydrogen) atoms. The molecule has 1 rings (SSSR count). The second-order valence-corrected chi connectivity index (χ2v) is 6.62.